The molecule has 0 N–H and O–H groups in total. The highest BCUT2D eigenvalue weighted by atomic mass is 32.2. The summed E-state index contributed by atoms with van der Waals surface area (Å²) in [5, 5.41) is 5.82. The number of hydrogen-bond donors (Lipinski definition) is 0. The van der Waals surface area contributed by atoms with Crippen LogP contribution in [0.4, 0.5) is 0 Å². The molecule has 6 heteroatoms. The lowest BCUT2D eigenvalue weighted by molar-refractivity contribution is 0.314. The monoisotopic (exact) mass is 138 g/mol. The fraction of sp³-hybridized carbons (Fsp3) is 1.00. The Hall–Kier alpha value is -0.650. The first-order valence-corrected chi connectivity index (χ1v) is 3.55. The smallest absolute Gasteiger partial charge is 0.249 e. The highest BCUT2D eigenvalue weighted by Gasteiger charge is 1.96. The molecular formula is C2H6N2O3S. The van der Waals surface area contributed by atoms with Gasteiger partial charge in [0, 0.05) is 5.28 Å². The Bertz CT molecular complexity index is 170. The fourth-order valence-corrected chi connectivity index (χ4v) is 0.282. The molecule has 0 aromatic heterocycles. The van der Waals surface area contributed by atoms with Crippen molar-refractivity contribution in [3.05, 3.63) is 0 Å². The topological polar surface area (TPSA) is 68.1 Å². The largest absolute Gasteiger partial charge is 0.327 e. The molecule has 0 aliphatic rings. The van der Waals surface area contributed by atoms with E-state index in [0.717, 1.165) is 6.26 Å². The first-order chi connectivity index (χ1) is 3.56. The summed E-state index contributed by atoms with van der Waals surface area (Å²) < 4.78 is 23.8. The molecule has 0 fully saturated rings. The van der Waals surface area contributed by atoms with Crippen LogP contribution in [0, 0.1) is 0 Å². The molecule has 0 aliphatic heterocycles. The quantitative estimate of drug-likeness (QED) is 0.397. The fourth-order valence-electron chi connectivity index (χ4n) is 0.0939. The second-order valence-electron chi connectivity index (χ2n) is 1.06. The van der Waals surface area contributed by atoms with Crippen molar-refractivity contribution in [1.29, 1.82) is 0 Å². The Morgan fingerprint density at radius 3 is 2.12 bits per heavy atom. The molecule has 0 aliphatic carbocycles. The van der Waals surface area contributed by atoms with E-state index in [1.165, 1.54) is 7.05 Å². The number of nitrogens with zero attached hydrogens (tertiary/aromatic N) is 2. The summed E-state index contributed by atoms with van der Waals surface area (Å²) in [6, 6.07) is 0. The van der Waals surface area contributed by atoms with Gasteiger partial charge < -0.3 is 0 Å². The van der Waals surface area contributed by atoms with Gasteiger partial charge in [0.25, 0.3) is 0 Å². The highest BCUT2D eigenvalue weighted by Crippen LogP contribution is 1.85. The Balaban J connectivity index is 3.76. The molecule has 0 heterocycles. The van der Waals surface area contributed by atoms with E-state index in [9.17, 15) is 8.42 Å². The minimum absolute atomic E-state index is 0.891. The van der Waals surface area contributed by atoms with Gasteiger partial charge in [-0.1, -0.05) is 0 Å². The summed E-state index contributed by atoms with van der Waals surface area (Å²) in [6.07, 6.45) is 0.891. The van der Waals surface area contributed by atoms with Crippen LogP contribution in [0.1, 0.15) is 0 Å². The molecular weight excluding hydrogens is 132 g/mol. The number of rotatable bonds is 2. The molecule has 0 radical (unpaired) electrons. The Labute approximate surface area is 47.5 Å². The van der Waals surface area contributed by atoms with E-state index >= 15 is 0 Å². The van der Waals surface area contributed by atoms with Gasteiger partial charge in [0.05, 0.1) is 13.3 Å². The average Bonchev–Trinajstić information content (AvgIpc) is 1.59. The molecule has 0 aromatic rings. The second-order valence-corrected chi connectivity index (χ2v) is 2.62. The molecule has 0 bridgehead atoms. The van der Waals surface area contributed by atoms with Crippen molar-refractivity contribution >= 4 is 10.1 Å². The first-order valence-electron chi connectivity index (χ1n) is 1.74. The lowest BCUT2D eigenvalue weighted by Crippen LogP contribution is -1.95. The molecule has 0 spiro atoms. The third kappa shape index (κ3) is 5.35. The summed E-state index contributed by atoms with van der Waals surface area (Å²) in [5.74, 6) is 0. The van der Waals surface area contributed by atoms with Crippen LogP contribution < -0.4 is 0 Å². The maximum Gasteiger partial charge on any atom is 0.327 e. The number of hydrogen-bond acceptors (Lipinski definition) is 5. The highest BCUT2D eigenvalue weighted by molar-refractivity contribution is 7.85. The normalized spacial score (nSPS) is 12.2. The van der Waals surface area contributed by atoms with E-state index in [2.05, 4.69) is 14.7 Å². The van der Waals surface area contributed by atoms with Crippen LogP contribution in [-0.2, 0) is 14.4 Å². The Morgan fingerprint density at radius 2 is 2.00 bits per heavy atom. The summed E-state index contributed by atoms with van der Waals surface area (Å²) in [5.41, 5.74) is 0. The van der Waals surface area contributed by atoms with Crippen LogP contribution in [0.5, 0.6) is 0 Å². The van der Waals surface area contributed by atoms with Gasteiger partial charge in [0.1, 0.15) is 0 Å². The maximum absolute atomic E-state index is 10.0. The zero-order valence-corrected chi connectivity index (χ0v) is 5.34. The molecule has 0 rings (SSSR count). The predicted octanol–water partition coefficient (Wildman–Crippen LogP) is -0.0404. The summed E-state index contributed by atoms with van der Waals surface area (Å²) in [4.78, 5) is 0. The minimum Gasteiger partial charge on any atom is -0.249 e. The lowest BCUT2D eigenvalue weighted by Gasteiger charge is -1.86. The molecule has 5 nitrogen and oxygen atoms in total. The molecule has 0 amide bonds. The first kappa shape index (κ1) is 7.35. The summed E-state index contributed by atoms with van der Waals surface area (Å²) >= 11 is 0. The lowest BCUT2D eigenvalue weighted by atomic mass is 11.6. The maximum atomic E-state index is 10.0. The van der Waals surface area contributed by atoms with Gasteiger partial charge in [-0.05, 0) is 0 Å². The van der Waals surface area contributed by atoms with Crippen molar-refractivity contribution in [1.82, 2.24) is 0 Å². The zero-order valence-electron chi connectivity index (χ0n) is 4.53. The molecule has 48 valence electrons. The zero-order chi connectivity index (χ0) is 6.62. The molecule has 0 saturated carbocycles. The van der Waals surface area contributed by atoms with Crippen molar-refractivity contribution in [3.63, 3.8) is 0 Å². The predicted molar refractivity (Wildman–Crippen MR) is 26.7 cm³/mol. The van der Waals surface area contributed by atoms with E-state index in [1.54, 1.807) is 0 Å². The minimum atomic E-state index is -3.45. The van der Waals surface area contributed by atoms with Crippen LogP contribution in [0.15, 0.2) is 10.4 Å². The van der Waals surface area contributed by atoms with Crippen LogP contribution >= 0.6 is 0 Å². The van der Waals surface area contributed by atoms with Gasteiger partial charge in [-0.15, -0.1) is 0 Å². The van der Waals surface area contributed by atoms with Crippen LogP contribution in [0.3, 0.4) is 0 Å². The Morgan fingerprint density at radius 1 is 1.50 bits per heavy atom. The van der Waals surface area contributed by atoms with E-state index in [-0.39, 0.29) is 0 Å². The van der Waals surface area contributed by atoms with Crippen LogP contribution in [0.2, 0.25) is 0 Å². The van der Waals surface area contributed by atoms with E-state index in [0.29, 0.717) is 0 Å². The Kier molecular flexibility index (Phi) is 2.40. The molecule has 0 aromatic carbocycles. The standard InChI is InChI=1S/C2H6N2O3S/c1-3-4-7-8(2,5)6/h1-2H3/b4-3-. The van der Waals surface area contributed by atoms with Crippen molar-refractivity contribution in [3.8, 4) is 0 Å². The average molecular weight is 138 g/mol. The molecule has 0 atom stereocenters. The van der Waals surface area contributed by atoms with Crippen molar-refractivity contribution in [2.75, 3.05) is 13.3 Å². The van der Waals surface area contributed by atoms with Gasteiger partial charge in [0.15, 0.2) is 0 Å². The van der Waals surface area contributed by atoms with Gasteiger partial charge >= 0.3 is 10.1 Å². The van der Waals surface area contributed by atoms with Crippen molar-refractivity contribution in [2.45, 2.75) is 0 Å². The third-order valence-corrected chi connectivity index (χ3v) is 0.588. The van der Waals surface area contributed by atoms with E-state index in [4.69, 9.17) is 0 Å². The summed E-state index contributed by atoms with van der Waals surface area (Å²) in [6.45, 7) is 0. The molecule has 0 unspecified atom stereocenters. The summed E-state index contributed by atoms with van der Waals surface area (Å²) in [7, 11) is -2.14. The van der Waals surface area contributed by atoms with E-state index in [1.807, 2.05) is 0 Å². The van der Waals surface area contributed by atoms with Crippen molar-refractivity contribution < 1.29 is 12.7 Å². The van der Waals surface area contributed by atoms with E-state index < -0.39 is 10.1 Å². The van der Waals surface area contributed by atoms with Gasteiger partial charge in [-0.3, -0.25) is 0 Å². The van der Waals surface area contributed by atoms with Gasteiger partial charge in [0.2, 0.25) is 0 Å². The van der Waals surface area contributed by atoms with Crippen LogP contribution in [0.25, 0.3) is 0 Å². The van der Waals surface area contributed by atoms with Crippen molar-refractivity contribution in [2.24, 2.45) is 10.4 Å². The second kappa shape index (κ2) is 2.61. The van der Waals surface area contributed by atoms with Gasteiger partial charge in [-0.25, -0.2) is 4.28 Å². The SMILES string of the molecule is C/N=N\OS(C)(=O)=O. The van der Waals surface area contributed by atoms with Crippen LogP contribution in [-0.4, -0.2) is 21.7 Å². The van der Waals surface area contributed by atoms with Gasteiger partial charge in [-0.2, -0.15) is 13.5 Å². The molecule has 8 heavy (non-hydrogen) atoms. The third-order valence-electron chi connectivity index (χ3n) is 0.250. The molecule has 0 saturated heterocycles.